The van der Waals surface area contributed by atoms with Crippen LogP contribution in [0.25, 0.3) is 5.69 Å². The number of benzene rings is 1. The van der Waals surface area contributed by atoms with Gasteiger partial charge in [0.15, 0.2) is 0 Å². The SMILES string of the molecule is O=C(O)c1cccn1-c1cccc(C(F)(F)F)c1. The number of nitrogens with zero attached hydrogens (tertiary/aromatic N) is 1. The van der Waals surface area contributed by atoms with Crippen LogP contribution >= 0.6 is 0 Å². The summed E-state index contributed by atoms with van der Waals surface area (Å²) in [4.78, 5) is 10.9. The number of rotatable bonds is 2. The van der Waals surface area contributed by atoms with Crippen LogP contribution in [-0.4, -0.2) is 15.6 Å². The monoisotopic (exact) mass is 255 g/mol. The number of alkyl halides is 3. The maximum absolute atomic E-state index is 12.5. The van der Waals surface area contributed by atoms with Crippen molar-refractivity contribution in [1.29, 1.82) is 0 Å². The molecule has 2 rings (SSSR count). The molecular weight excluding hydrogens is 247 g/mol. The van der Waals surface area contributed by atoms with Crippen molar-refractivity contribution >= 4 is 5.97 Å². The molecule has 0 saturated heterocycles. The van der Waals surface area contributed by atoms with Gasteiger partial charge in [-0.15, -0.1) is 0 Å². The molecule has 3 nitrogen and oxygen atoms in total. The zero-order valence-electron chi connectivity index (χ0n) is 8.98. The topological polar surface area (TPSA) is 42.2 Å². The molecule has 2 aromatic rings. The number of aromatic carboxylic acids is 1. The molecule has 0 amide bonds. The third-order valence-corrected chi connectivity index (χ3v) is 2.42. The van der Waals surface area contributed by atoms with Crippen molar-refractivity contribution < 1.29 is 23.1 Å². The van der Waals surface area contributed by atoms with Gasteiger partial charge in [-0.05, 0) is 30.3 Å². The van der Waals surface area contributed by atoms with Crippen LogP contribution in [0.15, 0.2) is 42.6 Å². The van der Waals surface area contributed by atoms with E-state index in [-0.39, 0.29) is 11.4 Å². The molecule has 0 radical (unpaired) electrons. The van der Waals surface area contributed by atoms with Crippen molar-refractivity contribution in [3.8, 4) is 5.69 Å². The Bertz CT molecular complexity index is 587. The fourth-order valence-electron chi connectivity index (χ4n) is 1.61. The summed E-state index contributed by atoms with van der Waals surface area (Å²) in [5.41, 5.74) is -0.744. The van der Waals surface area contributed by atoms with Gasteiger partial charge in [-0.2, -0.15) is 13.2 Å². The lowest BCUT2D eigenvalue weighted by atomic mass is 10.2. The van der Waals surface area contributed by atoms with Crippen molar-refractivity contribution in [3.63, 3.8) is 0 Å². The van der Waals surface area contributed by atoms with E-state index >= 15 is 0 Å². The third kappa shape index (κ3) is 2.22. The highest BCUT2D eigenvalue weighted by Crippen LogP contribution is 2.30. The van der Waals surface area contributed by atoms with Crippen molar-refractivity contribution in [2.75, 3.05) is 0 Å². The Balaban J connectivity index is 2.52. The van der Waals surface area contributed by atoms with E-state index in [2.05, 4.69) is 0 Å². The van der Waals surface area contributed by atoms with Gasteiger partial charge in [-0.1, -0.05) is 6.07 Å². The van der Waals surface area contributed by atoms with E-state index in [1.54, 1.807) is 0 Å². The summed E-state index contributed by atoms with van der Waals surface area (Å²) in [6.07, 6.45) is -3.05. The van der Waals surface area contributed by atoms with Crippen molar-refractivity contribution in [1.82, 2.24) is 4.57 Å². The molecule has 1 heterocycles. The number of carboxylic acid groups (broad SMARTS) is 1. The van der Waals surface area contributed by atoms with E-state index in [9.17, 15) is 18.0 Å². The molecule has 6 heteroatoms. The van der Waals surface area contributed by atoms with Crippen LogP contribution in [0.5, 0.6) is 0 Å². The molecular formula is C12H8F3NO2. The van der Waals surface area contributed by atoms with Gasteiger partial charge in [0.1, 0.15) is 5.69 Å². The van der Waals surface area contributed by atoms with Crippen LogP contribution < -0.4 is 0 Å². The standard InChI is InChI=1S/C12H8F3NO2/c13-12(14,15)8-3-1-4-9(7-8)16-6-2-5-10(16)11(17)18/h1-7H,(H,17,18). The Morgan fingerprint density at radius 2 is 1.89 bits per heavy atom. The summed E-state index contributed by atoms with van der Waals surface area (Å²) in [5.74, 6) is -1.20. The maximum atomic E-state index is 12.5. The highest BCUT2D eigenvalue weighted by molar-refractivity contribution is 5.86. The normalized spacial score (nSPS) is 11.5. The summed E-state index contributed by atoms with van der Waals surface area (Å²) >= 11 is 0. The molecule has 0 atom stereocenters. The minimum Gasteiger partial charge on any atom is -0.477 e. The summed E-state index contributed by atoms with van der Waals surface area (Å²) in [5, 5.41) is 8.90. The summed E-state index contributed by atoms with van der Waals surface area (Å²) < 4.78 is 38.8. The van der Waals surface area contributed by atoms with E-state index in [0.717, 1.165) is 12.1 Å². The van der Waals surface area contributed by atoms with Gasteiger partial charge < -0.3 is 9.67 Å². The zero-order chi connectivity index (χ0) is 13.3. The molecule has 18 heavy (non-hydrogen) atoms. The smallest absolute Gasteiger partial charge is 0.416 e. The van der Waals surface area contributed by atoms with Crippen LogP contribution in [0.2, 0.25) is 0 Å². The van der Waals surface area contributed by atoms with Gasteiger partial charge in [0.05, 0.1) is 5.56 Å². The number of carboxylic acids is 1. The Labute approximate surface area is 100 Å². The van der Waals surface area contributed by atoms with Crippen molar-refractivity contribution in [2.24, 2.45) is 0 Å². The first-order valence-electron chi connectivity index (χ1n) is 4.98. The molecule has 0 aliphatic heterocycles. The van der Waals surface area contributed by atoms with E-state index in [0.29, 0.717) is 0 Å². The van der Waals surface area contributed by atoms with Crippen LogP contribution in [0, 0.1) is 0 Å². The van der Waals surface area contributed by atoms with Crippen LogP contribution in [0.3, 0.4) is 0 Å². The third-order valence-electron chi connectivity index (χ3n) is 2.42. The molecule has 0 spiro atoms. The molecule has 94 valence electrons. The van der Waals surface area contributed by atoms with Crippen LogP contribution in [0.1, 0.15) is 16.1 Å². The lowest BCUT2D eigenvalue weighted by Crippen LogP contribution is -2.08. The zero-order valence-corrected chi connectivity index (χ0v) is 8.98. The van der Waals surface area contributed by atoms with E-state index in [4.69, 9.17) is 5.11 Å². The highest BCUT2D eigenvalue weighted by atomic mass is 19.4. The van der Waals surface area contributed by atoms with Gasteiger partial charge in [0, 0.05) is 11.9 Å². The Kier molecular flexibility index (Phi) is 2.86. The molecule has 1 N–H and O–H groups in total. The Morgan fingerprint density at radius 3 is 2.50 bits per heavy atom. The Morgan fingerprint density at radius 1 is 1.17 bits per heavy atom. The quantitative estimate of drug-likeness (QED) is 0.895. The summed E-state index contributed by atoms with van der Waals surface area (Å²) in [6, 6.07) is 7.29. The average Bonchev–Trinajstić information content (AvgIpc) is 2.77. The number of carbonyl (C=O) groups is 1. The van der Waals surface area contributed by atoms with Gasteiger partial charge in [0.25, 0.3) is 0 Å². The van der Waals surface area contributed by atoms with Gasteiger partial charge in [0.2, 0.25) is 0 Å². The average molecular weight is 255 g/mol. The first-order valence-corrected chi connectivity index (χ1v) is 4.98. The lowest BCUT2D eigenvalue weighted by Gasteiger charge is -2.10. The minimum absolute atomic E-state index is 0.0886. The molecule has 1 aromatic carbocycles. The fraction of sp³-hybridized carbons (Fsp3) is 0.0833. The number of halogens is 3. The molecule has 0 unspecified atom stereocenters. The van der Waals surface area contributed by atoms with E-state index in [1.807, 2.05) is 0 Å². The van der Waals surface area contributed by atoms with Crippen LogP contribution in [0.4, 0.5) is 13.2 Å². The lowest BCUT2D eigenvalue weighted by molar-refractivity contribution is -0.137. The van der Waals surface area contributed by atoms with E-state index in [1.165, 1.54) is 35.0 Å². The molecule has 0 bridgehead atoms. The summed E-state index contributed by atoms with van der Waals surface area (Å²) in [7, 11) is 0. The fourth-order valence-corrected chi connectivity index (χ4v) is 1.61. The second-order valence-electron chi connectivity index (χ2n) is 3.62. The minimum atomic E-state index is -4.45. The molecule has 0 fully saturated rings. The molecule has 0 saturated carbocycles. The maximum Gasteiger partial charge on any atom is 0.416 e. The van der Waals surface area contributed by atoms with E-state index < -0.39 is 17.7 Å². The first-order chi connectivity index (χ1) is 8.39. The predicted octanol–water partition coefficient (Wildman–Crippen LogP) is 3.19. The second-order valence-corrected chi connectivity index (χ2v) is 3.62. The first kappa shape index (κ1) is 12.2. The largest absolute Gasteiger partial charge is 0.477 e. The van der Waals surface area contributed by atoms with Crippen molar-refractivity contribution in [3.05, 3.63) is 53.9 Å². The van der Waals surface area contributed by atoms with Gasteiger partial charge >= 0.3 is 12.1 Å². The Hall–Kier alpha value is -2.24. The second kappa shape index (κ2) is 4.21. The number of hydrogen-bond donors (Lipinski definition) is 1. The number of hydrogen-bond acceptors (Lipinski definition) is 1. The summed E-state index contributed by atoms with van der Waals surface area (Å²) in [6.45, 7) is 0. The molecule has 1 aromatic heterocycles. The number of aromatic nitrogens is 1. The van der Waals surface area contributed by atoms with Crippen LogP contribution in [-0.2, 0) is 6.18 Å². The van der Waals surface area contributed by atoms with Gasteiger partial charge in [-0.3, -0.25) is 0 Å². The highest BCUT2D eigenvalue weighted by Gasteiger charge is 2.30. The van der Waals surface area contributed by atoms with Crippen molar-refractivity contribution in [2.45, 2.75) is 6.18 Å². The predicted molar refractivity (Wildman–Crippen MR) is 57.7 cm³/mol. The molecule has 0 aliphatic carbocycles. The van der Waals surface area contributed by atoms with Gasteiger partial charge in [-0.25, -0.2) is 4.79 Å². The molecule has 0 aliphatic rings.